The molecule has 0 radical (unpaired) electrons. The summed E-state index contributed by atoms with van der Waals surface area (Å²) in [4.78, 5) is 19.6. The summed E-state index contributed by atoms with van der Waals surface area (Å²) in [5.41, 5.74) is 3.82. The molecule has 1 fully saturated rings. The van der Waals surface area contributed by atoms with Gasteiger partial charge in [-0.05, 0) is 30.5 Å². The summed E-state index contributed by atoms with van der Waals surface area (Å²) in [7, 11) is 0.385. The van der Waals surface area contributed by atoms with E-state index in [-0.39, 0.29) is 12.5 Å². The Morgan fingerprint density at radius 1 is 1.32 bits per heavy atom. The van der Waals surface area contributed by atoms with Gasteiger partial charge in [-0.3, -0.25) is 10.2 Å². The number of amides is 1. The third kappa shape index (κ3) is 6.01. The highest BCUT2D eigenvalue weighted by Crippen LogP contribution is 2.20. The fraction of sp³-hybridized carbons (Fsp3) is 0.400. The average molecular weight is 481 g/mol. The minimum atomic E-state index is -1.41. The Kier molecular flexibility index (Phi) is 8.79. The number of nitrogens with one attached hydrogen (secondary N) is 2. The zero-order valence-electron chi connectivity index (χ0n) is 20.0. The van der Waals surface area contributed by atoms with E-state index >= 15 is 0 Å². The van der Waals surface area contributed by atoms with Crippen LogP contribution in [-0.2, 0) is 28.7 Å². The molecule has 34 heavy (non-hydrogen) atoms. The molecule has 3 rings (SSSR count). The van der Waals surface area contributed by atoms with Gasteiger partial charge in [-0.1, -0.05) is 43.3 Å². The largest absolute Gasteiger partial charge is 0.359 e. The highest BCUT2D eigenvalue weighted by Gasteiger charge is 2.29. The second kappa shape index (κ2) is 11.8. The Morgan fingerprint density at radius 2 is 2.06 bits per heavy atom. The Morgan fingerprint density at radius 3 is 2.68 bits per heavy atom. The summed E-state index contributed by atoms with van der Waals surface area (Å²) >= 11 is 0. The molecule has 2 aromatic rings. The zero-order chi connectivity index (χ0) is 24.7. The molecule has 1 aliphatic rings. The van der Waals surface area contributed by atoms with Crippen molar-refractivity contribution >= 4 is 28.8 Å². The topological polar surface area (TPSA) is 107 Å². The van der Waals surface area contributed by atoms with Gasteiger partial charge in [-0.15, -0.1) is 0 Å². The molecule has 2 heterocycles. The van der Waals surface area contributed by atoms with Crippen molar-refractivity contribution in [3.05, 3.63) is 58.8 Å². The summed E-state index contributed by atoms with van der Waals surface area (Å²) in [5, 5.41) is 17.6. The Hall–Kier alpha value is -3.22. The van der Waals surface area contributed by atoms with E-state index in [4.69, 9.17) is 10.7 Å². The molecule has 180 valence electrons. The molecule has 0 spiro atoms. The number of piperazine rings is 1. The van der Waals surface area contributed by atoms with Crippen LogP contribution < -0.4 is 0 Å². The molecule has 1 unspecified atom stereocenters. The van der Waals surface area contributed by atoms with Crippen LogP contribution in [0.25, 0.3) is 6.08 Å². The summed E-state index contributed by atoms with van der Waals surface area (Å²) in [6, 6.07) is 11.6. The number of carbonyl (C=O) groups excluding carboxylic acids is 1. The molecule has 9 heteroatoms. The number of nitrogens with zero attached hydrogens (tertiary/aromatic N) is 4. The number of nitriles is 1. The summed E-state index contributed by atoms with van der Waals surface area (Å²) < 4.78 is 14.8. The van der Waals surface area contributed by atoms with Crippen LogP contribution in [0.2, 0.25) is 0 Å². The lowest BCUT2D eigenvalue weighted by atomic mass is 10.1. The lowest BCUT2D eigenvalue weighted by Crippen LogP contribution is -2.50. The van der Waals surface area contributed by atoms with Gasteiger partial charge < -0.3 is 14.8 Å². The molecule has 0 aliphatic carbocycles. The smallest absolute Gasteiger partial charge is 0.238 e. The van der Waals surface area contributed by atoms with E-state index in [2.05, 4.69) is 18.0 Å². The number of H-pyrrole nitrogens is 1. The zero-order valence-corrected chi connectivity index (χ0v) is 20.8. The van der Waals surface area contributed by atoms with Gasteiger partial charge in [0.15, 0.2) is 0 Å². The number of allylic oxidation sites excluding steroid dienone is 1. The van der Waals surface area contributed by atoms with Gasteiger partial charge in [-0.25, -0.2) is 8.51 Å². The maximum Gasteiger partial charge on any atom is 0.238 e. The van der Waals surface area contributed by atoms with Crippen molar-refractivity contribution in [1.82, 2.24) is 19.1 Å². The third-order valence-electron chi connectivity index (χ3n) is 5.86. The molecule has 1 saturated heterocycles. The summed E-state index contributed by atoms with van der Waals surface area (Å²) in [6.07, 6.45) is 5.14. The predicted molar refractivity (Wildman–Crippen MR) is 134 cm³/mol. The van der Waals surface area contributed by atoms with Crippen molar-refractivity contribution in [3.8, 4) is 6.07 Å². The SMILES string of the molecule is C/C=C\c1cc(S(=O)N2CCN(Cc3ccc(C(=N)N(C)CCC#N)cc3)C(=O)C2)[nH]c1CC. The molecule has 0 saturated carbocycles. The first-order valence-electron chi connectivity index (χ1n) is 11.4. The van der Waals surface area contributed by atoms with Crippen molar-refractivity contribution in [2.24, 2.45) is 0 Å². The van der Waals surface area contributed by atoms with Gasteiger partial charge in [0.1, 0.15) is 21.8 Å². The van der Waals surface area contributed by atoms with Crippen LogP contribution in [0.15, 0.2) is 41.4 Å². The maximum atomic E-state index is 13.1. The van der Waals surface area contributed by atoms with Gasteiger partial charge in [0.25, 0.3) is 0 Å². The summed E-state index contributed by atoms with van der Waals surface area (Å²) in [6.45, 7) is 6.14. The van der Waals surface area contributed by atoms with Crippen molar-refractivity contribution < 1.29 is 9.00 Å². The molecular weight excluding hydrogens is 448 g/mol. The average Bonchev–Trinajstić information content (AvgIpc) is 3.26. The molecule has 0 bridgehead atoms. The van der Waals surface area contributed by atoms with Crippen LogP contribution in [0, 0.1) is 16.7 Å². The first kappa shape index (κ1) is 25.4. The molecular formula is C25H32N6O2S. The minimum Gasteiger partial charge on any atom is -0.359 e. The van der Waals surface area contributed by atoms with Crippen molar-refractivity contribution in [3.63, 3.8) is 0 Å². The normalized spacial score (nSPS) is 15.5. The van der Waals surface area contributed by atoms with E-state index in [1.54, 1.807) is 21.2 Å². The van der Waals surface area contributed by atoms with E-state index in [1.165, 1.54) is 0 Å². The quantitative estimate of drug-likeness (QED) is 0.425. The number of carbonyl (C=O) groups is 1. The van der Waals surface area contributed by atoms with Gasteiger partial charge in [0.2, 0.25) is 5.91 Å². The number of hydrogen-bond acceptors (Lipinski definition) is 4. The van der Waals surface area contributed by atoms with Crippen molar-refractivity contribution in [2.75, 3.05) is 33.2 Å². The molecule has 1 amide bonds. The summed E-state index contributed by atoms with van der Waals surface area (Å²) in [5.74, 6) is 0.311. The molecule has 1 aliphatic heterocycles. The monoisotopic (exact) mass is 480 g/mol. The van der Waals surface area contributed by atoms with Crippen LogP contribution in [0.4, 0.5) is 0 Å². The third-order valence-corrected chi connectivity index (χ3v) is 7.23. The van der Waals surface area contributed by atoms with Crippen LogP contribution in [0.3, 0.4) is 0 Å². The molecule has 1 aromatic heterocycles. The number of rotatable bonds is 9. The number of aromatic nitrogens is 1. The minimum absolute atomic E-state index is 0.0522. The Bertz CT molecular complexity index is 1120. The highest BCUT2D eigenvalue weighted by atomic mass is 32.2. The van der Waals surface area contributed by atoms with Gasteiger partial charge in [0, 0.05) is 44.5 Å². The standard InChI is InChI=1S/C25H32N6O2S/c1-4-7-21-16-23(28-22(21)5-2)34(33)31-15-14-30(24(32)18-31)17-19-8-10-20(11-9-19)25(27)29(3)13-6-12-26/h4,7-11,16,27-28H,5-6,13-15,17-18H2,1-3H3/b7-4-,27-25?. The predicted octanol–water partition coefficient (Wildman–Crippen LogP) is 3.15. The first-order chi connectivity index (χ1) is 16.4. The highest BCUT2D eigenvalue weighted by molar-refractivity contribution is 7.82. The Balaban J connectivity index is 1.59. The molecule has 8 nitrogen and oxygen atoms in total. The van der Waals surface area contributed by atoms with E-state index in [0.717, 1.165) is 28.8 Å². The fourth-order valence-electron chi connectivity index (χ4n) is 3.87. The van der Waals surface area contributed by atoms with E-state index < -0.39 is 11.0 Å². The van der Waals surface area contributed by atoms with Crippen LogP contribution >= 0.6 is 0 Å². The maximum absolute atomic E-state index is 13.1. The fourth-order valence-corrected chi connectivity index (χ4v) is 5.06. The number of aryl methyl sites for hydroxylation is 1. The number of amidine groups is 1. The molecule has 2 N–H and O–H groups in total. The van der Waals surface area contributed by atoms with Crippen molar-refractivity contribution in [1.29, 1.82) is 10.7 Å². The van der Waals surface area contributed by atoms with E-state index in [1.807, 2.05) is 49.4 Å². The number of benzene rings is 1. The lowest BCUT2D eigenvalue weighted by molar-refractivity contribution is -0.134. The Labute approximate surface area is 204 Å². The van der Waals surface area contributed by atoms with Crippen molar-refractivity contribution in [2.45, 2.75) is 38.3 Å². The van der Waals surface area contributed by atoms with Crippen LogP contribution in [-0.4, -0.2) is 68.3 Å². The second-order valence-corrected chi connectivity index (χ2v) is 9.68. The van der Waals surface area contributed by atoms with Gasteiger partial charge in [0.05, 0.1) is 19.0 Å². The molecule has 1 aromatic carbocycles. The van der Waals surface area contributed by atoms with Crippen LogP contribution in [0.1, 0.15) is 42.7 Å². The number of aromatic amines is 1. The lowest BCUT2D eigenvalue weighted by Gasteiger charge is -2.33. The van der Waals surface area contributed by atoms with Gasteiger partial charge >= 0.3 is 0 Å². The first-order valence-corrected chi connectivity index (χ1v) is 12.5. The molecule has 1 atom stereocenters. The van der Waals surface area contributed by atoms with E-state index in [9.17, 15) is 9.00 Å². The van der Waals surface area contributed by atoms with Gasteiger partial charge in [-0.2, -0.15) is 5.26 Å². The van der Waals surface area contributed by atoms with E-state index in [0.29, 0.717) is 43.5 Å². The second-order valence-electron chi connectivity index (χ2n) is 8.22. The number of hydrogen-bond donors (Lipinski definition) is 2. The van der Waals surface area contributed by atoms with Crippen LogP contribution in [0.5, 0.6) is 0 Å².